The third-order valence-corrected chi connectivity index (χ3v) is 4.08. The lowest BCUT2D eigenvalue weighted by molar-refractivity contribution is 0.0437. The van der Waals surface area contributed by atoms with Gasteiger partial charge >= 0.3 is 6.09 Å². The highest BCUT2D eigenvalue weighted by atomic mass is 32.1. The second-order valence-corrected chi connectivity index (χ2v) is 5.73. The minimum atomic E-state index is -0.461. The van der Waals surface area contributed by atoms with E-state index in [0.29, 0.717) is 6.61 Å². The largest absolute Gasteiger partial charge is 0.447 e. The second-order valence-electron chi connectivity index (χ2n) is 4.95. The normalized spacial score (nSPS) is 17.4. The Balaban J connectivity index is 1.54. The van der Waals surface area contributed by atoms with E-state index in [4.69, 9.17) is 9.47 Å². The van der Waals surface area contributed by atoms with Gasteiger partial charge in [0.05, 0.1) is 24.0 Å². The summed E-state index contributed by atoms with van der Waals surface area (Å²) in [5.41, 5.74) is 2.50. The molecular weight excluding hydrogens is 302 g/mol. The molecule has 0 radical (unpaired) electrons. The molecule has 1 unspecified atom stereocenters. The molecule has 7 heteroatoms. The number of carbonyl (C=O) groups excluding carboxylic acids is 1. The summed E-state index contributed by atoms with van der Waals surface area (Å²) < 4.78 is 10.6. The van der Waals surface area contributed by atoms with Crippen molar-refractivity contribution in [1.29, 1.82) is 0 Å². The third kappa shape index (κ3) is 3.80. The summed E-state index contributed by atoms with van der Waals surface area (Å²) in [6.07, 6.45) is 4.80. The standard InChI is InChI=1S/C15H17N3O3S/c19-15(21-9-12-2-1-6-20-12)18-8-13-14(17-5-4-16-13)11-3-7-22-10-11/h3-5,7,10,12H,1-2,6,8-9H2,(H,18,19). The van der Waals surface area contributed by atoms with E-state index in [0.717, 1.165) is 36.4 Å². The van der Waals surface area contributed by atoms with Gasteiger partial charge in [0.2, 0.25) is 0 Å². The lowest BCUT2D eigenvalue weighted by Gasteiger charge is -2.11. The highest BCUT2D eigenvalue weighted by molar-refractivity contribution is 7.08. The summed E-state index contributed by atoms with van der Waals surface area (Å²) in [7, 11) is 0. The van der Waals surface area contributed by atoms with Crippen molar-refractivity contribution < 1.29 is 14.3 Å². The molecule has 1 amide bonds. The third-order valence-electron chi connectivity index (χ3n) is 3.39. The van der Waals surface area contributed by atoms with Gasteiger partial charge < -0.3 is 14.8 Å². The van der Waals surface area contributed by atoms with Crippen molar-refractivity contribution in [2.75, 3.05) is 13.2 Å². The number of rotatable bonds is 5. The molecule has 0 saturated carbocycles. The highest BCUT2D eigenvalue weighted by Gasteiger charge is 2.17. The van der Waals surface area contributed by atoms with Gasteiger partial charge in [-0.3, -0.25) is 9.97 Å². The van der Waals surface area contributed by atoms with Crippen LogP contribution in [0.25, 0.3) is 11.3 Å². The Labute approximate surface area is 132 Å². The molecule has 0 bridgehead atoms. The summed E-state index contributed by atoms with van der Waals surface area (Å²) in [5.74, 6) is 0. The Bertz CT molecular complexity index is 612. The van der Waals surface area contributed by atoms with E-state index in [1.807, 2.05) is 16.8 Å². The minimum Gasteiger partial charge on any atom is -0.447 e. The van der Waals surface area contributed by atoms with Gasteiger partial charge in [0.15, 0.2) is 0 Å². The van der Waals surface area contributed by atoms with Gasteiger partial charge in [-0.2, -0.15) is 11.3 Å². The van der Waals surface area contributed by atoms with Gasteiger partial charge in [-0.15, -0.1) is 0 Å². The smallest absolute Gasteiger partial charge is 0.407 e. The molecule has 0 aromatic carbocycles. The van der Waals surface area contributed by atoms with Crippen molar-refractivity contribution in [3.8, 4) is 11.3 Å². The Morgan fingerprint density at radius 3 is 3.14 bits per heavy atom. The molecule has 2 aromatic rings. The molecule has 1 aliphatic rings. The fraction of sp³-hybridized carbons (Fsp3) is 0.400. The summed E-state index contributed by atoms with van der Waals surface area (Å²) >= 11 is 1.60. The van der Waals surface area contributed by atoms with Crippen LogP contribution in [-0.4, -0.2) is 35.4 Å². The van der Waals surface area contributed by atoms with Crippen molar-refractivity contribution in [3.05, 3.63) is 34.9 Å². The number of nitrogens with zero attached hydrogens (tertiary/aromatic N) is 2. The molecule has 1 fully saturated rings. The van der Waals surface area contributed by atoms with Gasteiger partial charge in [0, 0.05) is 29.9 Å². The number of ether oxygens (including phenoxy) is 2. The van der Waals surface area contributed by atoms with E-state index >= 15 is 0 Å². The zero-order valence-electron chi connectivity index (χ0n) is 12.0. The number of thiophene rings is 1. The quantitative estimate of drug-likeness (QED) is 0.917. The van der Waals surface area contributed by atoms with Crippen LogP contribution in [0.1, 0.15) is 18.5 Å². The average Bonchev–Trinajstić information content (AvgIpc) is 3.24. The molecule has 1 saturated heterocycles. The molecule has 1 aliphatic heterocycles. The minimum absolute atomic E-state index is 0.0311. The Morgan fingerprint density at radius 2 is 2.36 bits per heavy atom. The van der Waals surface area contributed by atoms with E-state index in [2.05, 4.69) is 15.3 Å². The Morgan fingerprint density at radius 1 is 1.45 bits per heavy atom. The van der Waals surface area contributed by atoms with E-state index in [1.165, 1.54) is 0 Å². The van der Waals surface area contributed by atoms with Crippen LogP contribution in [0.15, 0.2) is 29.2 Å². The first kappa shape index (κ1) is 14.9. The van der Waals surface area contributed by atoms with Crippen LogP contribution in [0, 0.1) is 0 Å². The van der Waals surface area contributed by atoms with Crippen molar-refractivity contribution in [2.45, 2.75) is 25.5 Å². The number of hydrogen-bond donors (Lipinski definition) is 1. The first-order valence-electron chi connectivity index (χ1n) is 7.17. The van der Waals surface area contributed by atoms with Gasteiger partial charge in [0.25, 0.3) is 0 Å². The Hall–Kier alpha value is -1.99. The molecule has 22 heavy (non-hydrogen) atoms. The van der Waals surface area contributed by atoms with Gasteiger partial charge in [-0.1, -0.05) is 0 Å². The molecule has 0 spiro atoms. The zero-order valence-corrected chi connectivity index (χ0v) is 12.8. The lowest BCUT2D eigenvalue weighted by Crippen LogP contribution is -2.28. The van der Waals surface area contributed by atoms with Crippen molar-refractivity contribution >= 4 is 17.4 Å². The molecule has 6 nitrogen and oxygen atoms in total. The maximum absolute atomic E-state index is 11.7. The molecule has 1 N–H and O–H groups in total. The van der Waals surface area contributed by atoms with Crippen LogP contribution in [0.4, 0.5) is 4.79 Å². The maximum Gasteiger partial charge on any atom is 0.407 e. The predicted octanol–water partition coefficient (Wildman–Crippen LogP) is 2.61. The van der Waals surface area contributed by atoms with Crippen LogP contribution in [0.2, 0.25) is 0 Å². The average molecular weight is 319 g/mol. The monoisotopic (exact) mass is 319 g/mol. The molecule has 116 valence electrons. The molecule has 0 aliphatic carbocycles. The number of alkyl carbamates (subject to hydrolysis) is 1. The fourth-order valence-corrected chi connectivity index (χ4v) is 2.93. The number of aromatic nitrogens is 2. The molecular formula is C15H17N3O3S. The van der Waals surface area contributed by atoms with Crippen LogP contribution in [0.5, 0.6) is 0 Å². The number of amides is 1. The lowest BCUT2D eigenvalue weighted by atomic mass is 10.2. The van der Waals surface area contributed by atoms with Gasteiger partial charge in [0.1, 0.15) is 6.61 Å². The second kappa shape index (κ2) is 7.33. The number of nitrogens with one attached hydrogen (secondary N) is 1. The van der Waals surface area contributed by atoms with E-state index in [1.54, 1.807) is 23.7 Å². The summed E-state index contributed by atoms with van der Waals surface area (Å²) in [4.78, 5) is 20.4. The van der Waals surface area contributed by atoms with E-state index in [9.17, 15) is 4.79 Å². The fourth-order valence-electron chi connectivity index (χ4n) is 2.29. The molecule has 1 atom stereocenters. The van der Waals surface area contributed by atoms with Crippen LogP contribution < -0.4 is 5.32 Å². The van der Waals surface area contributed by atoms with Crippen LogP contribution >= 0.6 is 11.3 Å². The number of carbonyl (C=O) groups is 1. The first-order chi connectivity index (χ1) is 10.8. The highest BCUT2D eigenvalue weighted by Crippen LogP contribution is 2.22. The summed E-state index contributed by atoms with van der Waals surface area (Å²) in [6.45, 7) is 1.33. The van der Waals surface area contributed by atoms with E-state index in [-0.39, 0.29) is 12.6 Å². The maximum atomic E-state index is 11.7. The first-order valence-corrected chi connectivity index (χ1v) is 8.12. The number of hydrogen-bond acceptors (Lipinski definition) is 6. The molecule has 3 rings (SSSR count). The Kier molecular flexibility index (Phi) is 4.97. The van der Waals surface area contributed by atoms with Crippen molar-refractivity contribution in [3.63, 3.8) is 0 Å². The molecule has 2 aromatic heterocycles. The van der Waals surface area contributed by atoms with Gasteiger partial charge in [-0.25, -0.2) is 4.79 Å². The van der Waals surface area contributed by atoms with Gasteiger partial charge in [-0.05, 0) is 24.3 Å². The van der Waals surface area contributed by atoms with Crippen molar-refractivity contribution in [1.82, 2.24) is 15.3 Å². The molecule has 3 heterocycles. The summed E-state index contributed by atoms with van der Waals surface area (Å²) in [5, 5.41) is 6.70. The topological polar surface area (TPSA) is 73.3 Å². The van der Waals surface area contributed by atoms with Crippen molar-refractivity contribution in [2.24, 2.45) is 0 Å². The zero-order chi connectivity index (χ0) is 15.2. The SMILES string of the molecule is O=C(NCc1nccnc1-c1ccsc1)OCC1CCCO1. The van der Waals surface area contributed by atoms with Crippen LogP contribution in [0.3, 0.4) is 0 Å². The summed E-state index contributed by atoms with van der Waals surface area (Å²) in [6, 6.07) is 1.98. The van der Waals surface area contributed by atoms with E-state index < -0.39 is 6.09 Å². The van der Waals surface area contributed by atoms with Crippen LogP contribution in [-0.2, 0) is 16.0 Å². The predicted molar refractivity (Wildman–Crippen MR) is 82.5 cm³/mol.